The van der Waals surface area contributed by atoms with E-state index in [1.807, 2.05) is 23.0 Å². The Morgan fingerprint density at radius 1 is 1.39 bits per heavy atom. The Bertz CT molecular complexity index is 616. The number of benzene rings is 1. The van der Waals surface area contributed by atoms with Crippen LogP contribution in [0, 0.1) is 5.92 Å². The first-order valence-electron chi connectivity index (χ1n) is 8.18. The number of thiazole rings is 1. The van der Waals surface area contributed by atoms with Gasteiger partial charge in [-0.05, 0) is 38.4 Å². The summed E-state index contributed by atoms with van der Waals surface area (Å²) >= 11 is 1.59. The number of nitrogens with one attached hydrogen (secondary N) is 1. The summed E-state index contributed by atoms with van der Waals surface area (Å²) in [7, 11) is 2.21. The van der Waals surface area contributed by atoms with E-state index in [9.17, 15) is 0 Å². The van der Waals surface area contributed by atoms with E-state index < -0.39 is 0 Å². The van der Waals surface area contributed by atoms with Crippen LogP contribution in [0.4, 0.5) is 5.69 Å². The fourth-order valence-corrected chi connectivity index (χ4v) is 3.64. The van der Waals surface area contributed by atoms with E-state index in [0.29, 0.717) is 24.6 Å². The van der Waals surface area contributed by atoms with Crippen molar-refractivity contribution in [3.63, 3.8) is 0 Å². The number of hydrogen-bond donors (Lipinski definition) is 1. The Balaban J connectivity index is 1.61. The first-order valence-corrected chi connectivity index (χ1v) is 9.13. The minimum atomic E-state index is 0.509. The lowest BCUT2D eigenvalue weighted by Crippen LogP contribution is -2.48. The molecule has 1 saturated heterocycles. The van der Waals surface area contributed by atoms with Gasteiger partial charge in [-0.25, -0.2) is 4.98 Å². The third-order valence-corrected chi connectivity index (χ3v) is 5.30. The minimum Gasteiger partial charge on any atom is -0.487 e. The third-order valence-electron chi connectivity index (χ3n) is 4.67. The number of nitrogens with zero attached hydrogens (tertiary/aromatic N) is 2. The molecule has 1 aromatic carbocycles. The van der Waals surface area contributed by atoms with Gasteiger partial charge in [0.05, 0.1) is 11.2 Å². The quantitative estimate of drug-likeness (QED) is 0.903. The van der Waals surface area contributed by atoms with Gasteiger partial charge < -0.3 is 15.0 Å². The molecule has 5 heteroatoms. The van der Waals surface area contributed by atoms with Crippen LogP contribution >= 0.6 is 11.3 Å². The summed E-state index contributed by atoms with van der Waals surface area (Å²) in [6.07, 6.45) is 1.17. The zero-order valence-electron chi connectivity index (χ0n) is 14.0. The molecule has 0 saturated carbocycles. The Hall–Kier alpha value is -1.59. The summed E-state index contributed by atoms with van der Waals surface area (Å²) in [5, 5.41) is 5.71. The van der Waals surface area contributed by atoms with Crippen molar-refractivity contribution < 1.29 is 4.74 Å². The first kappa shape index (κ1) is 16.3. The Labute approximate surface area is 142 Å². The second kappa shape index (κ2) is 7.32. The predicted octanol–water partition coefficient (Wildman–Crippen LogP) is 3.86. The van der Waals surface area contributed by atoms with Crippen LogP contribution in [-0.4, -0.2) is 35.6 Å². The van der Waals surface area contributed by atoms with Crippen LogP contribution in [0.2, 0.25) is 0 Å². The van der Waals surface area contributed by atoms with Gasteiger partial charge in [0.25, 0.3) is 0 Å². The largest absolute Gasteiger partial charge is 0.487 e. The second-order valence-corrected chi connectivity index (χ2v) is 7.27. The molecular weight excluding hydrogens is 306 g/mol. The molecule has 3 rings (SSSR count). The van der Waals surface area contributed by atoms with Crippen molar-refractivity contribution >= 4 is 17.0 Å². The Morgan fingerprint density at radius 3 is 3.04 bits per heavy atom. The van der Waals surface area contributed by atoms with E-state index in [-0.39, 0.29) is 0 Å². The smallest absolute Gasteiger partial charge is 0.131 e. The molecule has 3 unspecified atom stereocenters. The number of hydrogen-bond acceptors (Lipinski definition) is 5. The van der Waals surface area contributed by atoms with Gasteiger partial charge in [-0.2, -0.15) is 0 Å². The molecule has 23 heavy (non-hydrogen) atoms. The van der Waals surface area contributed by atoms with Gasteiger partial charge in [-0.1, -0.05) is 13.0 Å². The van der Waals surface area contributed by atoms with Gasteiger partial charge in [0.15, 0.2) is 0 Å². The summed E-state index contributed by atoms with van der Waals surface area (Å²) in [5.41, 5.74) is 3.94. The Morgan fingerprint density at radius 2 is 2.26 bits per heavy atom. The lowest BCUT2D eigenvalue weighted by Gasteiger charge is -2.40. The highest BCUT2D eigenvalue weighted by molar-refractivity contribution is 7.07. The van der Waals surface area contributed by atoms with E-state index in [0.717, 1.165) is 23.7 Å². The van der Waals surface area contributed by atoms with Crippen molar-refractivity contribution in [3.05, 3.63) is 40.8 Å². The summed E-state index contributed by atoms with van der Waals surface area (Å²) in [6, 6.07) is 9.37. The van der Waals surface area contributed by atoms with Gasteiger partial charge in [-0.3, -0.25) is 0 Å². The van der Waals surface area contributed by atoms with Crippen LogP contribution in [0.15, 0.2) is 35.2 Å². The van der Waals surface area contributed by atoms with Gasteiger partial charge in [0.2, 0.25) is 0 Å². The molecule has 0 bridgehead atoms. The normalized spacial score (nSPS) is 25.3. The molecule has 124 valence electrons. The van der Waals surface area contributed by atoms with Crippen molar-refractivity contribution in [2.75, 3.05) is 18.9 Å². The highest BCUT2D eigenvalue weighted by Crippen LogP contribution is 2.26. The molecule has 3 atom stereocenters. The lowest BCUT2D eigenvalue weighted by atomic mass is 9.89. The monoisotopic (exact) mass is 331 g/mol. The molecule has 2 aromatic rings. The molecule has 0 radical (unpaired) electrons. The highest BCUT2D eigenvalue weighted by Gasteiger charge is 2.28. The average Bonchev–Trinajstić information content (AvgIpc) is 3.04. The van der Waals surface area contributed by atoms with Crippen molar-refractivity contribution in [2.45, 2.75) is 39.0 Å². The molecule has 1 fully saturated rings. The van der Waals surface area contributed by atoms with E-state index in [1.54, 1.807) is 11.3 Å². The highest BCUT2D eigenvalue weighted by atomic mass is 32.1. The predicted molar refractivity (Wildman–Crippen MR) is 96.2 cm³/mol. The number of rotatable bonds is 5. The van der Waals surface area contributed by atoms with Crippen LogP contribution in [0.25, 0.3) is 0 Å². The zero-order valence-corrected chi connectivity index (χ0v) is 14.8. The summed E-state index contributed by atoms with van der Waals surface area (Å²) < 4.78 is 5.84. The third kappa shape index (κ3) is 4.24. The van der Waals surface area contributed by atoms with Crippen molar-refractivity contribution in [1.82, 2.24) is 9.88 Å². The number of piperidine rings is 1. The van der Waals surface area contributed by atoms with Crippen LogP contribution in [0.1, 0.15) is 26.0 Å². The van der Waals surface area contributed by atoms with Gasteiger partial charge in [0.1, 0.15) is 12.4 Å². The van der Waals surface area contributed by atoms with Crippen molar-refractivity contribution in [1.29, 1.82) is 0 Å². The maximum absolute atomic E-state index is 5.84. The second-order valence-electron chi connectivity index (χ2n) is 6.55. The molecule has 1 aliphatic heterocycles. The molecule has 1 N–H and O–H groups in total. The maximum atomic E-state index is 5.84. The molecule has 0 amide bonds. The van der Waals surface area contributed by atoms with Crippen LogP contribution in [0.5, 0.6) is 5.75 Å². The first-order chi connectivity index (χ1) is 11.1. The summed E-state index contributed by atoms with van der Waals surface area (Å²) in [4.78, 5) is 6.69. The minimum absolute atomic E-state index is 0.509. The van der Waals surface area contributed by atoms with Crippen LogP contribution in [0.3, 0.4) is 0 Å². The molecule has 1 aliphatic rings. The van der Waals surface area contributed by atoms with Crippen molar-refractivity contribution in [3.8, 4) is 5.75 Å². The Kier molecular flexibility index (Phi) is 5.18. The molecule has 0 spiro atoms. The topological polar surface area (TPSA) is 37.4 Å². The number of ether oxygens (including phenoxy) is 1. The lowest BCUT2D eigenvalue weighted by molar-refractivity contribution is 0.145. The number of anilines is 1. The van der Waals surface area contributed by atoms with Crippen LogP contribution in [-0.2, 0) is 6.61 Å². The van der Waals surface area contributed by atoms with E-state index in [2.05, 4.69) is 48.2 Å². The fourth-order valence-electron chi connectivity index (χ4n) is 3.10. The number of aromatic nitrogens is 1. The average molecular weight is 331 g/mol. The molecule has 4 nitrogen and oxygen atoms in total. The summed E-state index contributed by atoms with van der Waals surface area (Å²) in [6.45, 7) is 6.28. The fraction of sp³-hybridized carbons (Fsp3) is 0.500. The molecular formula is C18H25N3OS. The zero-order chi connectivity index (χ0) is 16.2. The SMILES string of the molecule is CC1CN(C)C(C)CC1Nc1cccc(OCc2cscn2)c1. The number of likely N-dealkylation sites (tertiary alicyclic amines) is 1. The van der Waals surface area contributed by atoms with Crippen molar-refractivity contribution in [2.24, 2.45) is 5.92 Å². The van der Waals surface area contributed by atoms with E-state index in [1.165, 1.54) is 6.42 Å². The molecule has 1 aromatic heterocycles. The maximum Gasteiger partial charge on any atom is 0.131 e. The molecule has 0 aliphatic carbocycles. The van der Waals surface area contributed by atoms with Gasteiger partial charge in [-0.15, -0.1) is 11.3 Å². The standard InChI is InChI=1S/C18H25N3OS/c1-13-9-21(3)14(2)7-18(13)20-15-5-4-6-17(8-15)22-10-16-11-23-12-19-16/h4-6,8,11-14,18,20H,7,9-10H2,1-3H3. The van der Waals surface area contributed by atoms with Crippen LogP contribution < -0.4 is 10.1 Å². The van der Waals surface area contributed by atoms with E-state index in [4.69, 9.17) is 4.74 Å². The van der Waals surface area contributed by atoms with Gasteiger partial charge in [0, 0.05) is 35.8 Å². The molecule has 2 heterocycles. The summed E-state index contributed by atoms with van der Waals surface area (Å²) in [5.74, 6) is 1.52. The van der Waals surface area contributed by atoms with E-state index >= 15 is 0 Å². The van der Waals surface area contributed by atoms with Gasteiger partial charge >= 0.3 is 0 Å².